The fourth-order valence-electron chi connectivity index (χ4n) is 3.52. The molecule has 112 valence electrons. The summed E-state index contributed by atoms with van der Waals surface area (Å²) in [5, 5.41) is 12.7. The average Bonchev–Trinajstić information content (AvgIpc) is 3.03. The fourth-order valence-corrected chi connectivity index (χ4v) is 6.13. The van der Waals surface area contributed by atoms with Crippen molar-refractivity contribution < 1.29 is 14.7 Å². The van der Waals surface area contributed by atoms with Crippen molar-refractivity contribution in [3.05, 3.63) is 0 Å². The van der Waals surface area contributed by atoms with Crippen LogP contribution in [0.25, 0.3) is 0 Å². The number of carboxylic acid groups (broad SMARTS) is 1. The first-order valence-corrected chi connectivity index (χ1v) is 9.35. The number of carbonyl (C=O) groups is 2. The van der Waals surface area contributed by atoms with Crippen molar-refractivity contribution in [1.29, 1.82) is 0 Å². The van der Waals surface area contributed by atoms with Crippen LogP contribution >= 0.6 is 23.5 Å². The average molecular weight is 316 g/mol. The summed E-state index contributed by atoms with van der Waals surface area (Å²) in [7, 11) is 0. The Morgan fingerprint density at radius 1 is 1.30 bits per heavy atom. The molecule has 2 amide bonds. The highest BCUT2D eigenvalue weighted by Crippen LogP contribution is 2.41. The van der Waals surface area contributed by atoms with Crippen molar-refractivity contribution in [2.75, 3.05) is 23.8 Å². The van der Waals surface area contributed by atoms with Gasteiger partial charge in [0.25, 0.3) is 0 Å². The van der Waals surface area contributed by atoms with Gasteiger partial charge in [0.2, 0.25) is 0 Å². The van der Waals surface area contributed by atoms with Gasteiger partial charge < -0.3 is 15.3 Å². The number of aliphatic carboxylic acids is 1. The topological polar surface area (TPSA) is 69.6 Å². The third-order valence-corrected chi connectivity index (χ3v) is 7.30. The third-order valence-electron chi connectivity index (χ3n) is 4.45. The molecule has 0 aromatic rings. The van der Waals surface area contributed by atoms with E-state index in [2.05, 4.69) is 5.32 Å². The van der Waals surface area contributed by atoms with Gasteiger partial charge in [-0.25, -0.2) is 4.79 Å². The highest BCUT2D eigenvalue weighted by molar-refractivity contribution is 8.06. The van der Waals surface area contributed by atoms with Gasteiger partial charge in [0.15, 0.2) is 0 Å². The van der Waals surface area contributed by atoms with E-state index in [1.165, 1.54) is 5.75 Å². The summed E-state index contributed by atoms with van der Waals surface area (Å²) in [6.45, 7) is 0.699. The number of carboxylic acids is 1. The molecule has 0 saturated carbocycles. The fraction of sp³-hybridized carbons (Fsp3) is 0.846. The molecule has 5 nitrogen and oxygen atoms in total. The smallest absolute Gasteiger partial charge is 0.317 e. The van der Waals surface area contributed by atoms with Crippen LogP contribution in [0.3, 0.4) is 0 Å². The summed E-state index contributed by atoms with van der Waals surface area (Å²) in [5.74, 6) is 2.33. The zero-order chi connectivity index (χ0) is 14.1. The van der Waals surface area contributed by atoms with E-state index in [0.29, 0.717) is 18.2 Å². The molecule has 4 unspecified atom stereocenters. The Bertz CT molecular complexity index is 401. The van der Waals surface area contributed by atoms with Crippen molar-refractivity contribution in [1.82, 2.24) is 10.2 Å². The maximum atomic E-state index is 12.3. The first kappa shape index (κ1) is 14.4. The molecule has 3 saturated heterocycles. The van der Waals surface area contributed by atoms with E-state index in [1.807, 2.05) is 23.5 Å². The van der Waals surface area contributed by atoms with Crippen molar-refractivity contribution in [3.8, 4) is 0 Å². The van der Waals surface area contributed by atoms with E-state index < -0.39 is 5.97 Å². The van der Waals surface area contributed by atoms with Crippen LogP contribution in [0.5, 0.6) is 0 Å². The summed E-state index contributed by atoms with van der Waals surface area (Å²) in [4.78, 5) is 25.3. The van der Waals surface area contributed by atoms with Crippen LogP contribution in [0.1, 0.15) is 19.3 Å². The van der Waals surface area contributed by atoms with E-state index in [9.17, 15) is 14.7 Å². The minimum atomic E-state index is -0.755. The summed E-state index contributed by atoms with van der Waals surface area (Å²) in [5.41, 5.74) is 0. The Labute approximate surface area is 127 Å². The van der Waals surface area contributed by atoms with Crippen molar-refractivity contribution in [2.24, 2.45) is 5.92 Å². The quantitative estimate of drug-likeness (QED) is 0.825. The molecule has 3 fully saturated rings. The van der Waals surface area contributed by atoms with Crippen LogP contribution in [0.2, 0.25) is 0 Å². The van der Waals surface area contributed by atoms with Gasteiger partial charge >= 0.3 is 12.0 Å². The van der Waals surface area contributed by atoms with E-state index in [-0.39, 0.29) is 24.0 Å². The lowest BCUT2D eigenvalue weighted by atomic mass is 9.89. The Morgan fingerprint density at radius 2 is 2.15 bits per heavy atom. The van der Waals surface area contributed by atoms with Gasteiger partial charge in [0, 0.05) is 41.1 Å². The first-order chi connectivity index (χ1) is 9.66. The SMILES string of the molecule is O=C(O)C1CC2CCC1N2C(=O)NCC1CSCCS1. The highest BCUT2D eigenvalue weighted by atomic mass is 32.2. The lowest BCUT2D eigenvalue weighted by molar-refractivity contribution is -0.142. The van der Waals surface area contributed by atoms with Gasteiger partial charge in [0.1, 0.15) is 0 Å². The van der Waals surface area contributed by atoms with E-state index >= 15 is 0 Å². The van der Waals surface area contributed by atoms with Crippen LogP contribution in [-0.4, -0.2) is 63.1 Å². The van der Waals surface area contributed by atoms with E-state index in [4.69, 9.17) is 0 Å². The van der Waals surface area contributed by atoms with Gasteiger partial charge in [-0.1, -0.05) is 0 Å². The Kier molecular flexibility index (Phi) is 4.35. The van der Waals surface area contributed by atoms with Crippen LogP contribution in [-0.2, 0) is 4.79 Å². The lowest BCUT2D eigenvalue weighted by Gasteiger charge is -2.26. The molecule has 0 aromatic heterocycles. The van der Waals surface area contributed by atoms with Gasteiger partial charge in [-0.15, -0.1) is 0 Å². The maximum Gasteiger partial charge on any atom is 0.317 e. The number of fused-ring (bicyclic) bond motifs is 2. The van der Waals surface area contributed by atoms with Gasteiger partial charge in [-0.3, -0.25) is 4.79 Å². The van der Waals surface area contributed by atoms with Crippen LogP contribution < -0.4 is 5.32 Å². The predicted molar refractivity (Wildman–Crippen MR) is 81.4 cm³/mol. The van der Waals surface area contributed by atoms with Gasteiger partial charge in [0.05, 0.1) is 5.92 Å². The second-order valence-corrected chi connectivity index (χ2v) is 8.20. The molecular formula is C13H20N2O3S2. The van der Waals surface area contributed by atoms with Crippen LogP contribution in [0, 0.1) is 5.92 Å². The van der Waals surface area contributed by atoms with Gasteiger partial charge in [-0.05, 0) is 19.3 Å². The number of urea groups is 1. The normalized spacial score (nSPS) is 36.1. The number of nitrogens with zero attached hydrogens (tertiary/aromatic N) is 1. The molecule has 2 bridgehead atoms. The monoisotopic (exact) mass is 316 g/mol. The molecule has 0 radical (unpaired) electrons. The molecule has 3 aliphatic heterocycles. The zero-order valence-corrected chi connectivity index (χ0v) is 12.9. The zero-order valence-electron chi connectivity index (χ0n) is 11.3. The van der Waals surface area contributed by atoms with E-state index in [1.54, 1.807) is 4.90 Å². The minimum Gasteiger partial charge on any atom is -0.481 e. The van der Waals surface area contributed by atoms with Gasteiger partial charge in [-0.2, -0.15) is 23.5 Å². The maximum absolute atomic E-state index is 12.3. The molecule has 2 N–H and O–H groups in total. The number of hydrogen-bond donors (Lipinski definition) is 2. The molecular weight excluding hydrogens is 296 g/mol. The molecule has 3 rings (SSSR count). The highest BCUT2D eigenvalue weighted by Gasteiger charge is 2.51. The number of amides is 2. The predicted octanol–water partition coefficient (Wildman–Crippen LogP) is 1.48. The number of carbonyl (C=O) groups excluding carboxylic acids is 1. The minimum absolute atomic E-state index is 0.0579. The summed E-state index contributed by atoms with van der Waals surface area (Å²) >= 11 is 3.86. The summed E-state index contributed by atoms with van der Waals surface area (Å²) in [6, 6.07) is -0.0159. The molecule has 0 aromatic carbocycles. The number of rotatable bonds is 3. The molecule has 20 heavy (non-hydrogen) atoms. The second kappa shape index (κ2) is 6.05. The Morgan fingerprint density at radius 3 is 2.80 bits per heavy atom. The molecule has 0 aliphatic carbocycles. The molecule has 7 heteroatoms. The van der Waals surface area contributed by atoms with Crippen LogP contribution in [0.4, 0.5) is 4.79 Å². The molecule has 4 atom stereocenters. The lowest BCUT2D eigenvalue weighted by Crippen LogP contribution is -2.46. The number of hydrogen-bond acceptors (Lipinski definition) is 4. The van der Waals surface area contributed by atoms with Crippen LogP contribution in [0.15, 0.2) is 0 Å². The molecule has 0 spiro atoms. The third kappa shape index (κ3) is 2.74. The number of nitrogens with one attached hydrogen (secondary N) is 1. The Balaban J connectivity index is 1.54. The van der Waals surface area contributed by atoms with Crippen molar-refractivity contribution >= 4 is 35.5 Å². The standard InChI is InChI=1S/C13H20N2O3S2/c16-12(17)10-5-8-1-2-11(10)15(8)13(18)14-6-9-7-19-3-4-20-9/h8-11H,1-7H2,(H,14,18)(H,16,17). The largest absolute Gasteiger partial charge is 0.481 e. The molecule has 3 heterocycles. The van der Waals surface area contributed by atoms with Crippen molar-refractivity contribution in [2.45, 2.75) is 36.6 Å². The summed E-state index contributed by atoms with van der Waals surface area (Å²) in [6.07, 6.45) is 2.42. The molecule has 3 aliphatic rings. The Hall–Kier alpha value is -0.560. The second-order valence-electron chi connectivity index (χ2n) is 5.64. The van der Waals surface area contributed by atoms with E-state index in [0.717, 1.165) is 24.3 Å². The number of thioether (sulfide) groups is 2. The van der Waals surface area contributed by atoms with Crippen molar-refractivity contribution in [3.63, 3.8) is 0 Å². The first-order valence-electron chi connectivity index (χ1n) is 7.15. The summed E-state index contributed by atoms with van der Waals surface area (Å²) < 4.78 is 0.